The fourth-order valence-corrected chi connectivity index (χ4v) is 3.62. The molecule has 1 aliphatic rings. The van der Waals surface area contributed by atoms with Gasteiger partial charge in [0.05, 0.1) is 0 Å². The smallest absolute Gasteiger partial charge is 0.191 e. The van der Waals surface area contributed by atoms with Crippen molar-refractivity contribution >= 4 is 29.9 Å². The number of nitrogens with zero attached hydrogens (tertiary/aromatic N) is 3. The molecule has 1 heterocycles. The number of nitrogens with one attached hydrogen (secondary N) is 2. The Balaban J connectivity index is 0.00000341. The first-order chi connectivity index (χ1) is 14.5. The molecule has 0 spiro atoms. The van der Waals surface area contributed by atoms with Crippen molar-refractivity contribution in [3.05, 3.63) is 70.5 Å². The summed E-state index contributed by atoms with van der Waals surface area (Å²) in [6.45, 7) is 8.63. The van der Waals surface area contributed by atoms with Gasteiger partial charge in [0.2, 0.25) is 0 Å². The molecule has 3 rings (SSSR count). The summed E-state index contributed by atoms with van der Waals surface area (Å²) < 4.78 is 13.7. The van der Waals surface area contributed by atoms with Crippen LogP contribution in [0.1, 0.15) is 28.7 Å². The molecule has 7 heteroatoms. The number of likely N-dealkylation sites (N-methyl/N-ethyl adjacent to an activating group) is 1. The van der Waals surface area contributed by atoms with Gasteiger partial charge in [0.1, 0.15) is 5.82 Å². The van der Waals surface area contributed by atoms with E-state index < -0.39 is 0 Å². The molecule has 2 aromatic carbocycles. The van der Waals surface area contributed by atoms with Gasteiger partial charge < -0.3 is 15.5 Å². The Kier molecular flexibility index (Phi) is 10.7. The summed E-state index contributed by atoms with van der Waals surface area (Å²) in [5, 5.41) is 6.56. The van der Waals surface area contributed by atoms with Gasteiger partial charge in [0, 0.05) is 39.8 Å². The number of guanidine groups is 1. The highest BCUT2D eigenvalue weighted by Crippen LogP contribution is 2.11. The Morgan fingerprint density at radius 2 is 1.58 bits per heavy atom. The molecule has 0 unspecified atom stereocenters. The van der Waals surface area contributed by atoms with Gasteiger partial charge in [0.15, 0.2) is 5.96 Å². The highest BCUT2D eigenvalue weighted by atomic mass is 127. The van der Waals surface area contributed by atoms with Crippen LogP contribution in [0.4, 0.5) is 4.39 Å². The van der Waals surface area contributed by atoms with E-state index in [1.165, 1.54) is 30.6 Å². The standard InChI is InChI=1S/C24H34FN5.HI/c1-19-5-6-22(15-23(19)25)17-28-24(26-2)27-16-20-7-9-21(10-8-20)18-30-12-4-11-29(3)13-14-30;/h5-10,15H,4,11-14,16-18H2,1-3H3,(H2,26,27,28);1H. The average molecular weight is 539 g/mol. The normalized spacial score (nSPS) is 15.8. The van der Waals surface area contributed by atoms with Crippen LogP contribution >= 0.6 is 24.0 Å². The molecule has 2 N–H and O–H groups in total. The fourth-order valence-electron chi connectivity index (χ4n) is 3.62. The van der Waals surface area contributed by atoms with E-state index in [-0.39, 0.29) is 29.8 Å². The van der Waals surface area contributed by atoms with Gasteiger partial charge in [-0.05, 0) is 61.8 Å². The zero-order chi connectivity index (χ0) is 21.3. The van der Waals surface area contributed by atoms with Crippen LogP contribution < -0.4 is 10.6 Å². The van der Waals surface area contributed by atoms with Crippen LogP contribution in [-0.2, 0) is 19.6 Å². The highest BCUT2D eigenvalue weighted by molar-refractivity contribution is 14.0. The van der Waals surface area contributed by atoms with E-state index in [0.29, 0.717) is 24.6 Å². The molecule has 1 fully saturated rings. The van der Waals surface area contributed by atoms with Crippen LogP contribution in [0.2, 0.25) is 0 Å². The fraction of sp³-hybridized carbons (Fsp3) is 0.458. The molecule has 1 saturated heterocycles. The molecular weight excluding hydrogens is 504 g/mol. The third kappa shape index (κ3) is 8.38. The van der Waals surface area contributed by atoms with E-state index in [0.717, 1.165) is 25.2 Å². The maximum Gasteiger partial charge on any atom is 0.191 e. The third-order valence-corrected chi connectivity index (χ3v) is 5.62. The number of rotatable bonds is 6. The summed E-state index contributed by atoms with van der Waals surface area (Å²) in [4.78, 5) is 9.20. The maximum absolute atomic E-state index is 13.7. The lowest BCUT2D eigenvalue weighted by Gasteiger charge is -2.20. The van der Waals surface area contributed by atoms with Crippen molar-refractivity contribution in [1.82, 2.24) is 20.4 Å². The SMILES string of the molecule is CN=C(NCc1ccc(CN2CCCN(C)CC2)cc1)NCc1ccc(C)c(F)c1.I. The number of hydrogen-bond donors (Lipinski definition) is 2. The molecule has 0 aromatic heterocycles. The molecule has 170 valence electrons. The predicted molar refractivity (Wildman–Crippen MR) is 137 cm³/mol. The summed E-state index contributed by atoms with van der Waals surface area (Å²) in [6, 6.07) is 14.1. The first-order valence-corrected chi connectivity index (χ1v) is 10.7. The van der Waals surface area contributed by atoms with Crippen LogP contribution in [0.3, 0.4) is 0 Å². The summed E-state index contributed by atoms with van der Waals surface area (Å²) in [6.07, 6.45) is 1.24. The number of benzene rings is 2. The number of aliphatic imine (C=N–C) groups is 1. The largest absolute Gasteiger partial charge is 0.352 e. The number of hydrogen-bond acceptors (Lipinski definition) is 3. The van der Waals surface area contributed by atoms with Gasteiger partial charge in [-0.15, -0.1) is 24.0 Å². The van der Waals surface area contributed by atoms with E-state index in [2.05, 4.69) is 56.7 Å². The molecule has 0 atom stereocenters. The van der Waals surface area contributed by atoms with Gasteiger partial charge in [-0.1, -0.05) is 36.4 Å². The second-order valence-electron chi connectivity index (χ2n) is 8.11. The summed E-state index contributed by atoms with van der Waals surface area (Å²) in [7, 11) is 3.94. The Hall–Kier alpha value is -1.71. The van der Waals surface area contributed by atoms with Crippen LogP contribution in [0, 0.1) is 12.7 Å². The van der Waals surface area contributed by atoms with E-state index >= 15 is 0 Å². The molecule has 0 bridgehead atoms. The molecule has 0 amide bonds. The van der Waals surface area contributed by atoms with E-state index in [9.17, 15) is 4.39 Å². The minimum Gasteiger partial charge on any atom is -0.352 e. The second kappa shape index (κ2) is 13.0. The quantitative estimate of drug-likeness (QED) is 0.334. The van der Waals surface area contributed by atoms with Gasteiger partial charge in [0.25, 0.3) is 0 Å². The Labute approximate surface area is 203 Å². The van der Waals surface area contributed by atoms with E-state index in [1.807, 2.05) is 6.07 Å². The molecule has 0 aliphatic carbocycles. The zero-order valence-corrected chi connectivity index (χ0v) is 21.2. The summed E-state index contributed by atoms with van der Waals surface area (Å²) in [5.74, 6) is 0.526. The zero-order valence-electron chi connectivity index (χ0n) is 18.8. The van der Waals surface area contributed by atoms with Crippen molar-refractivity contribution in [1.29, 1.82) is 0 Å². The molecule has 2 aromatic rings. The van der Waals surface area contributed by atoms with Crippen LogP contribution in [0.5, 0.6) is 0 Å². The Morgan fingerprint density at radius 3 is 2.26 bits per heavy atom. The Bertz CT molecular complexity index is 840. The third-order valence-electron chi connectivity index (χ3n) is 5.62. The minimum atomic E-state index is -0.176. The van der Waals surface area contributed by atoms with Crippen molar-refractivity contribution in [2.45, 2.75) is 33.0 Å². The highest BCUT2D eigenvalue weighted by Gasteiger charge is 2.12. The predicted octanol–water partition coefficient (Wildman–Crippen LogP) is 3.75. The van der Waals surface area contributed by atoms with Crippen molar-refractivity contribution in [2.24, 2.45) is 4.99 Å². The van der Waals surface area contributed by atoms with E-state index in [4.69, 9.17) is 0 Å². The molecule has 31 heavy (non-hydrogen) atoms. The molecule has 0 radical (unpaired) electrons. The van der Waals surface area contributed by atoms with Crippen molar-refractivity contribution in [3.8, 4) is 0 Å². The second-order valence-corrected chi connectivity index (χ2v) is 8.11. The Morgan fingerprint density at radius 1 is 0.935 bits per heavy atom. The van der Waals surface area contributed by atoms with Gasteiger partial charge >= 0.3 is 0 Å². The average Bonchev–Trinajstić information content (AvgIpc) is 2.96. The van der Waals surface area contributed by atoms with Crippen molar-refractivity contribution < 1.29 is 4.39 Å². The van der Waals surface area contributed by atoms with Gasteiger partial charge in [-0.3, -0.25) is 9.89 Å². The van der Waals surface area contributed by atoms with Gasteiger partial charge in [-0.2, -0.15) is 0 Å². The minimum absolute atomic E-state index is 0. The van der Waals surface area contributed by atoms with E-state index in [1.54, 1.807) is 26.1 Å². The molecule has 5 nitrogen and oxygen atoms in total. The first-order valence-electron chi connectivity index (χ1n) is 10.7. The van der Waals surface area contributed by atoms with Crippen LogP contribution in [-0.4, -0.2) is 56.0 Å². The lowest BCUT2D eigenvalue weighted by Crippen LogP contribution is -2.36. The lowest BCUT2D eigenvalue weighted by atomic mass is 10.1. The van der Waals surface area contributed by atoms with Crippen molar-refractivity contribution in [3.63, 3.8) is 0 Å². The number of aryl methyl sites for hydroxylation is 1. The van der Waals surface area contributed by atoms with Gasteiger partial charge in [-0.25, -0.2) is 4.39 Å². The molecule has 1 aliphatic heterocycles. The molecule has 0 saturated carbocycles. The van der Waals surface area contributed by atoms with Crippen molar-refractivity contribution in [2.75, 3.05) is 40.3 Å². The number of halogens is 2. The summed E-state index contributed by atoms with van der Waals surface area (Å²) >= 11 is 0. The monoisotopic (exact) mass is 539 g/mol. The van der Waals surface area contributed by atoms with Crippen LogP contribution in [0.15, 0.2) is 47.5 Å². The maximum atomic E-state index is 13.7. The topological polar surface area (TPSA) is 42.9 Å². The van der Waals surface area contributed by atoms with Crippen LogP contribution in [0.25, 0.3) is 0 Å². The lowest BCUT2D eigenvalue weighted by molar-refractivity contribution is 0.269. The first kappa shape index (κ1) is 25.5. The molecular formula is C24H35FIN5. The summed E-state index contributed by atoms with van der Waals surface area (Å²) in [5.41, 5.74) is 4.11.